The van der Waals surface area contributed by atoms with Crippen LogP contribution in [-0.4, -0.2) is 33.3 Å². The number of benzene rings is 1. The first-order valence-electron chi connectivity index (χ1n) is 7.75. The number of nitrogens with zero attached hydrogens (tertiary/aromatic N) is 2. The topological polar surface area (TPSA) is 84.2 Å². The number of hydrogen-bond acceptors (Lipinski definition) is 3. The predicted octanol–water partition coefficient (Wildman–Crippen LogP) is 3.12. The Hall–Kier alpha value is -2.84. The molecule has 0 aliphatic carbocycles. The lowest BCUT2D eigenvalue weighted by molar-refractivity contribution is -0.147. The summed E-state index contributed by atoms with van der Waals surface area (Å²) in [6.45, 7) is 3.26. The molecular weight excluding hydrogens is 351 g/mol. The lowest BCUT2D eigenvalue weighted by atomic mass is 9.90. The van der Waals surface area contributed by atoms with E-state index in [9.17, 15) is 22.8 Å². The lowest BCUT2D eigenvalue weighted by Crippen LogP contribution is -2.32. The van der Waals surface area contributed by atoms with E-state index >= 15 is 0 Å². The zero-order valence-corrected chi connectivity index (χ0v) is 14.2. The summed E-state index contributed by atoms with van der Waals surface area (Å²) >= 11 is 0. The molecule has 2 rings (SSSR count). The highest BCUT2D eigenvalue weighted by molar-refractivity contribution is 5.94. The first-order chi connectivity index (χ1) is 12.0. The van der Waals surface area contributed by atoms with Gasteiger partial charge in [-0.05, 0) is 44.5 Å². The smallest absolute Gasteiger partial charge is 0.435 e. The van der Waals surface area contributed by atoms with Gasteiger partial charge >= 0.3 is 12.1 Å². The molecule has 9 heteroatoms. The number of alkyl halides is 3. The van der Waals surface area contributed by atoms with Crippen LogP contribution in [0, 0.1) is 5.41 Å². The maximum Gasteiger partial charge on any atom is 0.435 e. The van der Waals surface area contributed by atoms with E-state index in [2.05, 4.69) is 10.4 Å². The predicted molar refractivity (Wildman–Crippen MR) is 86.9 cm³/mol. The summed E-state index contributed by atoms with van der Waals surface area (Å²) in [5, 5.41) is 15.1. The van der Waals surface area contributed by atoms with Crippen molar-refractivity contribution in [1.82, 2.24) is 15.1 Å². The van der Waals surface area contributed by atoms with Gasteiger partial charge < -0.3 is 10.4 Å². The van der Waals surface area contributed by atoms with Crippen LogP contribution in [0.2, 0.25) is 0 Å². The maximum atomic E-state index is 12.6. The molecule has 1 heterocycles. The molecule has 0 radical (unpaired) electrons. The monoisotopic (exact) mass is 369 g/mol. The summed E-state index contributed by atoms with van der Waals surface area (Å²) in [6.07, 6.45) is -3.14. The Morgan fingerprint density at radius 2 is 1.92 bits per heavy atom. The molecule has 0 fully saturated rings. The fourth-order valence-corrected chi connectivity index (χ4v) is 2.11. The van der Waals surface area contributed by atoms with Gasteiger partial charge in [-0.3, -0.25) is 9.59 Å². The fraction of sp³-hybridized carbons (Fsp3) is 0.353. The molecule has 26 heavy (non-hydrogen) atoms. The highest BCUT2D eigenvalue weighted by atomic mass is 19.4. The molecule has 140 valence electrons. The molecule has 6 nitrogen and oxygen atoms in total. The number of aromatic nitrogens is 2. The van der Waals surface area contributed by atoms with Gasteiger partial charge in [-0.1, -0.05) is 6.07 Å². The highest BCUT2D eigenvalue weighted by Gasteiger charge is 2.33. The van der Waals surface area contributed by atoms with Crippen molar-refractivity contribution < 1.29 is 27.9 Å². The van der Waals surface area contributed by atoms with Gasteiger partial charge in [0.15, 0.2) is 5.69 Å². The molecule has 0 aliphatic rings. The van der Waals surface area contributed by atoms with Gasteiger partial charge in [0.1, 0.15) is 0 Å². The first-order valence-corrected chi connectivity index (χ1v) is 7.75. The second kappa shape index (κ2) is 7.19. The minimum absolute atomic E-state index is 0.155. The number of carboxylic acid groups (broad SMARTS) is 1. The van der Waals surface area contributed by atoms with Gasteiger partial charge in [0.25, 0.3) is 5.91 Å². The number of aliphatic carboxylic acids is 1. The molecule has 1 aromatic carbocycles. The Labute approximate surface area is 147 Å². The lowest BCUT2D eigenvalue weighted by Gasteiger charge is -2.18. The van der Waals surface area contributed by atoms with Crippen LogP contribution in [0.15, 0.2) is 36.5 Å². The van der Waals surface area contributed by atoms with E-state index in [1.807, 2.05) is 0 Å². The van der Waals surface area contributed by atoms with Crippen molar-refractivity contribution in [3.63, 3.8) is 0 Å². The number of nitrogens with one attached hydrogen (secondary N) is 1. The van der Waals surface area contributed by atoms with Gasteiger partial charge in [0.2, 0.25) is 0 Å². The van der Waals surface area contributed by atoms with Crippen LogP contribution in [0.3, 0.4) is 0 Å². The maximum absolute atomic E-state index is 12.6. The number of carbonyl (C=O) groups is 2. The van der Waals surface area contributed by atoms with Gasteiger partial charge in [-0.15, -0.1) is 0 Å². The third-order valence-corrected chi connectivity index (χ3v) is 3.87. The average Bonchev–Trinajstić information content (AvgIpc) is 3.05. The summed E-state index contributed by atoms with van der Waals surface area (Å²) in [5.41, 5.74) is -1.46. The van der Waals surface area contributed by atoms with Crippen molar-refractivity contribution >= 4 is 11.9 Å². The van der Waals surface area contributed by atoms with Crippen LogP contribution in [0.1, 0.15) is 36.3 Å². The second-order valence-electron chi connectivity index (χ2n) is 6.39. The van der Waals surface area contributed by atoms with Crippen LogP contribution in [-0.2, 0) is 11.0 Å². The largest absolute Gasteiger partial charge is 0.481 e. The minimum atomic E-state index is -4.54. The summed E-state index contributed by atoms with van der Waals surface area (Å²) in [6, 6.07) is 6.82. The van der Waals surface area contributed by atoms with Gasteiger partial charge in [-0.25, -0.2) is 4.68 Å². The van der Waals surface area contributed by atoms with E-state index in [4.69, 9.17) is 5.11 Å². The van der Waals surface area contributed by atoms with Crippen molar-refractivity contribution in [3.8, 4) is 5.69 Å². The Morgan fingerprint density at radius 1 is 1.23 bits per heavy atom. The number of halogens is 3. The molecule has 0 unspecified atom stereocenters. The third kappa shape index (κ3) is 4.62. The van der Waals surface area contributed by atoms with E-state index in [0.717, 1.165) is 16.9 Å². The Balaban J connectivity index is 2.08. The van der Waals surface area contributed by atoms with Crippen LogP contribution >= 0.6 is 0 Å². The fourth-order valence-electron chi connectivity index (χ4n) is 2.11. The molecule has 0 spiro atoms. The standard InChI is InChI=1S/C17H18F3N3O3/c1-16(2,15(25)26)7-8-21-14(24)11-4-3-5-12(10-11)23-9-6-13(22-23)17(18,19)20/h3-6,9-10H,7-8H2,1-2H3,(H,21,24)(H,25,26). The molecule has 0 bridgehead atoms. The van der Waals surface area contributed by atoms with E-state index in [1.54, 1.807) is 13.8 Å². The Morgan fingerprint density at radius 3 is 2.50 bits per heavy atom. The van der Waals surface area contributed by atoms with Crippen LogP contribution < -0.4 is 5.32 Å². The molecule has 0 aliphatic heterocycles. The van der Waals surface area contributed by atoms with Crippen molar-refractivity contribution in [2.24, 2.45) is 5.41 Å². The van der Waals surface area contributed by atoms with E-state index in [0.29, 0.717) is 5.69 Å². The third-order valence-electron chi connectivity index (χ3n) is 3.87. The average molecular weight is 369 g/mol. The zero-order valence-electron chi connectivity index (χ0n) is 14.2. The van der Waals surface area contributed by atoms with Crippen molar-refractivity contribution in [1.29, 1.82) is 0 Å². The SMILES string of the molecule is CC(C)(CCNC(=O)c1cccc(-n2ccc(C(F)(F)F)n2)c1)C(=O)O. The Kier molecular flexibility index (Phi) is 5.38. The van der Waals surface area contributed by atoms with Gasteiger partial charge in [-0.2, -0.15) is 18.3 Å². The van der Waals surface area contributed by atoms with Crippen molar-refractivity contribution in [2.75, 3.05) is 6.54 Å². The summed E-state index contributed by atoms with van der Waals surface area (Å²) < 4.78 is 38.9. The molecule has 1 amide bonds. The normalized spacial score (nSPS) is 12.0. The molecule has 0 saturated carbocycles. The highest BCUT2D eigenvalue weighted by Crippen LogP contribution is 2.28. The number of rotatable bonds is 6. The number of amides is 1. The van der Waals surface area contributed by atoms with Gasteiger partial charge in [0.05, 0.1) is 11.1 Å². The second-order valence-corrected chi connectivity index (χ2v) is 6.39. The summed E-state index contributed by atoms with van der Waals surface area (Å²) in [5.74, 6) is -1.41. The van der Waals surface area contributed by atoms with Crippen LogP contribution in [0.25, 0.3) is 5.69 Å². The quantitative estimate of drug-likeness (QED) is 0.819. The molecule has 0 saturated heterocycles. The molecule has 1 aromatic heterocycles. The van der Waals surface area contributed by atoms with E-state index in [-0.39, 0.29) is 18.5 Å². The number of hydrogen-bond donors (Lipinski definition) is 2. The van der Waals surface area contributed by atoms with E-state index < -0.39 is 29.2 Å². The first kappa shape index (κ1) is 19.5. The van der Waals surface area contributed by atoms with Crippen molar-refractivity contribution in [2.45, 2.75) is 26.4 Å². The summed E-state index contributed by atoms with van der Waals surface area (Å²) in [7, 11) is 0. The number of carboxylic acids is 1. The zero-order chi connectivity index (χ0) is 19.5. The van der Waals surface area contributed by atoms with Gasteiger partial charge in [0, 0.05) is 18.3 Å². The molecular formula is C17H18F3N3O3. The summed E-state index contributed by atoms with van der Waals surface area (Å²) in [4.78, 5) is 23.2. The molecule has 2 aromatic rings. The van der Waals surface area contributed by atoms with Crippen LogP contribution in [0.4, 0.5) is 13.2 Å². The molecule has 0 atom stereocenters. The van der Waals surface area contributed by atoms with Crippen LogP contribution in [0.5, 0.6) is 0 Å². The van der Waals surface area contributed by atoms with E-state index in [1.165, 1.54) is 24.3 Å². The van der Waals surface area contributed by atoms with Crippen molar-refractivity contribution in [3.05, 3.63) is 47.8 Å². The number of carbonyl (C=O) groups excluding carboxylic acids is 1. The Bertz CT molecular complexity index is 813. The molecule has 2 N–H and O–H groups in total. The minimum Gasteiger partial charge on any atom is -0.481 e.